The fraction of sp³-hybridized carbons (Fsp3) is 0.500. The fourth-order valence-corrected chi connectivity index (χ4v) is 2.18. The number of likely N-dealkylation sites (tertiary alicyclic amines) is 1. The second kappa shape index (κ2) is 6.88. The number of piperidine rings is 1. The molecule has 2 heterocycles. The lowest BCUT2D eigenvalue weighted by molar-refractivity contribution is -0.134. The Hall–Kier alpha value is -2.11. The van der Waals surface area contributed by atoms with Crippen molar-refractivity contribution in [1.82, 2.24) is 15.2 Å². The molecule has 0 spiro atoms. The van der Waals surface area contributed by atoms with E-state index in [9.17, 15) is 9.59 Å². The highest BCUT2D eigenvalue weighted by molar-refractivity contribution is 5.83. The number of carbonyl (C=O) groups excluding carboxylic acids is 2. The van der Waals surface area contributed by atoms with Crippen molar-refractivity contribution in [2.24, 2.45) is 0 Å². The number of hydrogen-bond acceptors (Lipinski definition) is 4. The van der Waals surface area contributed by atoms with Crippen molar-refractivity contribution in [2.45, 2.75) is 25.9 Å². The first-order valence-electron chi connectivity index (χ1n) is 6.74. The molecule has 1 N–H and O–H groups in total. The Kier molecular flexibility index (Phi) is 4.92. The van der Waals surface area contributed by atoms with Crippen molar-refractivity contribution in [1.29, 1.82) is 0 Å². The van der Waals surface area contributed by atoms with Crippen molar-refractivity contribution in [3.05, 3.63) is 24.5 Å². The number of ether oxygens (including phenoxy) is 1. The largest absolute Gasteiger partial charge is 0.488 e. The van der Waals surface area contributed by atoms with E-state index < -0.39 is 0 Å². The average Bonchev–Trinajstić information content (AvgIpc) is 2.46. The lowest BCUT2D eigenvalue weighted by atomic mass is 10.1. The van der Waals surface area contributed by atoms with E-state index in [-0.39, 0.29) is 24.5 Å². The van der Waals surface area contributed by atoms with Crippen LogP contribution in [0.3, 0.4) is 0 Å². The molecule has 20 heavy (non-hydrogen) atoms. The quantitative estimate of drug-likeness (QED) is 0.874. The zero-order valence-electron chi connectivity index (χ0n) is 11.5. The molecular weight excluding hydrogens is 258 g/mol. The van der Waals surface area contributed by atoms with Crippen LogP contribution in [0.25, 0.3) is 0 Å². The van der Waals surface area contributed by atoms with Crippen molar-refractivity contribution in [2.75, 3.05) is 19.6 Å². The van der Waals surface area contributed by atoms with Gasteiger partial charge in [-0.3, -0.25) is 14.6 Å². The van der Waals surface area contributed by atoms with Gasteiger partial charge in [-0.05, 0) is 25.0 Å². The Bertz CT molecular complexity index is 464. The SMILES string of the molecule is CC(=O)NCC(=O)N1CCC[C@H](Oc2ccncc2)C1. The van der Waals surface area contributed by atoms with Gasteiger partial charge in [-0.25, -0.2) is 0 Å². The van der Waals surface area contributed by atoms with Crippen LogP contribution in [0.2, 0.25) is 0 Å². The molecule has 1 aromatic heterocycles. The minimum Gasteiger partial charge on any atom is -0.488 e. The van der Waals surface area contributed by atoms with Gasteiger partial charge >= 0.3 is 0 Å². The minimum atomic E-state index is -0.194. The zero-order valence-corrected chi connectivity index (χ0v) is 11.5. The summed E-state index contributed by atoms with van der Waals surface area (Å²) in [4.78, 5) is 28.4. The Morgan fingerprint density at radius 3 is 2.90 bits per heavy atom. The number of rotatable bonds is 4. The van der Waals surface area contributed by atoms with Gasteiger partial charge in [0.2, 0.25) is 11.8 Å². The van der Waals surface area contributed by atoms with E-state index in [4.69, 9.17) is 4.74 Å². The van der Waals surface area contributed by atoms with Gasteiger partial charge < -0.3 is 15.0 Å². The highest BCUT2D eigenvalue weighted by Gasteiger charge is 2.24. The molecule has 2 amide bonds. The van der Waals surface area contributed by atoms with E-state index >= 15 is 0 Å². The number of aromatic nitrogens is 1. The second-order valence-corrected chi connectivity index (χ2v) is 4.81. The normalized spacial score (nSPS) is 18.4. The first-order chi connectivity index (χ1) is 9.65. The highest BCUT2D eigenvalue weighted by Crippen LogP contribution is 2.17. The molecule has 1 fully saturated rings. The first-order valence-corrected chi connectivity index (χ1v) is 6.74. The molecule has 1 aromatic rings. The Morgan fingerprint density at radius 1 is 1.45 bits per heavy atom. The van der Waals surface area contributed by atoms with Crippen molar-refractivity contribution >= 4 is 11.8 Å². The maximum Gasteiger partial charge on any atom is 0.242 e. The summed E-state index contributed by atoms with van der Waals surface area (Å²) in [5.41, 5.74) is 0. The predicted molar refractivity (Wildman–Crippen MR) is 73.2 cm³/mol. The number of hydrogen-bond donors (Lipinski definition) is 1. The maximum atomic E-state index is 11.9. The molecule has 0 radical (unpaired) electrons. The van der Waals surface area contributed by atoms with Gasteiger partial charge in [0, 0.05) is 25.9 Å². The smallest absolute Gasteiger partial charge is 0.242 e. The Labute approximate surface area is 118 Å². The third-order valence-corrected chi connectivity index (χ3v) is 3.17. The van der Waals surface area contributed by atoms with Crippen molar-refractivity contribution < 1.29 is 14.3 Å². The molecule has 108 valence electrons. The summed E-state index contributed by atoms with van der Waals surface area (Å²) in [5, 5.41) is 2.53. The molecule has 0 unspecified atom stereocenters. The van der Waals surface area contributed by atoms with Gasteiger partial charge in [-0.2, -0.15) is 0 Å². The molecule has 0 aromatic carbocycles. The van der Waals surface area contributed by atoms with Gasteiger partial charge in [0.05, 0.1) is 13.1 Å². The van der Waals surface area contributed by atoms with Crippen LogP contribution in [-0.2, 0) is 9.59 Å². The monoisotopic (exact) mass is 277 g/mol. The summed E-state index contributed by atoms with van der Waals surface area (Å²) in [5.74, 6) is 0.504. The zero-order chi connectivity index (χ0) is 14.4. The van der Waals surface area contributed by atoms with Crippen LogP contribution in [0.5, 0.6) is 5.75 Å². The topological polar surface area (TPSA) is 71.5 Å². The van der Waals surface area contributed by atoms with E-state index in [2.05, 4.69) is 10.3 Å². The number of amides is 2. The van der Waals surface area contributed by atoms with Gasteiger partial charge in [0.25, 0.3) is 0 Å². The van der Waals surface area contributed by atoms with Gasteiger partial charge in [0.1, 0.15) is 11.9 Å². The summed E-state index contributed by atoms with van der Waals surface area (Å²) in [6.45, 7) is 2.73. The summed E-state index contributed by atoms with van der Waals surface area (Å²) < 4.78 is 5.84. The minimum absolute atomic E-state index is 0.00701. The standard InChI is InChI=1S/C14H19N3O3/c1-11(18)16-9-14(19)17-8-2-3-13(10-17)20-12-4-6-15-7-5-12/h4-7,13H,2-3,8-10H2,1H3,(H,16,18)/t13-/m0/s1. The summed E-state index contributed by atoms with van der Waals surface area (Å²) >= 11 is 0. The van der Waals surface area contributed by atoms with Crippen LogP contribution in [0.1, 0.15) is 19.8 Å². The van der Waals surface area contributed by atoms with Gasteiger partial charge in [-0.15, -0.1) is 0 Å². The molecule has 6 nitrogen and oxygen atoms in total. The van der Waals surface area contributed by atoms with Gasteiger partial charge in [-0.1, -0.05) is 0 Å². The van der Waals surface area contributed by atoms with Crippen LogP contribution < -0.4 is 10.1 Å². The van der Waals surface area contributed by atoms with E-state index in [1.807, 2.05) is 0 Å². The lowest BCUT2D eigenvalue weighted by Crippen LogP contribution is -2.47. The second-order valence-electron chi connectivity index (χ2n) is 4.81. The summed E-state index contributed by atoms with van der Waals surface area (Å²) in [6, 6.07) is 3.61. The molecule has 1 atom stereocenters. The fourth-order valence-electron chi connectivity index (χ4n) is 2.18. The van der Waals surface area contributed by atoms with Crippen LogP contribution in [0, 0.1) is 0 Å². The Balaban J connectivity index is 1.85. The molecule has 6 heteroatoms. The van der Waals surface area contributed by atoms with Gasteiger partial charge in [0.15, 0.2) is 0 Å². The lowest BCUT2D eigenvalue weighted by Gasteiger charge is -2.33. The summed E-state index contributed by atoms with van der Waals surface area (Å²) in [7, 11) is 0. The van der Waals surface area contributed by atoms with Crippen LogP contribution in [0.4, 0.5) is 0 Å². The van der Waals surface area contributed by atoms with E-state index in [0.717, 1.165) is 18.6 Å². The maximum absolute atomic E-state index is 11.9. The first kappa shape index (κ1) is 14.3. The van der Waals surface area contributed by atoms with E-state index in [1.54, 1.807) is 29.4 Å². The molecule has 1 aliphatic rings. The molecule has 1 aliphatic heterocycles. The van der Waals surface area contributed by atoms with Crippen molar-refractivity contribution in [3.8, 4) is 5.75 Å². The highest BCUT2D eigenvalue weighted by atomic mass is 16.5. The number of carbonyl (C=O) groups is 2. The number of nitrogens with zero attached hydrogens (tertiary/aromatic N) is 2. The average molecular weight is 277 g/mol. The van der Waals surface area contributed by atoms with Crippen LogP contribution in [0.15, 0.2) is 24.5 Å². The van der Waals surface area contributed by atoms with Crippen molar-refractivity contribution in [3.63, 3.8) is 0 Å². The Morgan fingerprint density at radius 2 is 2.20 bits per heavy atom. The predicted octanol–water partition coefficient (Wildman–Crippen LogP) is 0.587. The molecule has 2 rings (SSSR count). The van der Waals surface area contributed by atoms with Crippen LogP contribution >= 0.6 is 0 Å². The molecule has 0 aliphatic carbocycles. The molecule has 1 saturated heterocycles. The molecule has 0 bridgehead atoms. The number of nitrogens with one attached hydrogen (secondary N) is 1. The molecular formula is C14H19N3O3. The van der Waals surface area contributed by atoms with Crippen LogP contribution in [-0.4, -0.2) is 47.4 Å². The number of pyridine rings is 1. The summed E-state index contributed by atoms with van der Waals surface area (Å²) in [6.07, 6.45) is 5.18. The molecule has 0 saturated carbocycles. The third kappa shape index (κ3) is 4.22. The van der Waals surface area contributed by atoms with E-state index in [0.29, 0.717) is 13.1 Å². The third-order valence-electron chi connectivity index (χ3n) is 3.17. The van der Waals surface area contributed by atoms with E-state index in [1.165, 1.54) is 6.92 Å².